The van der Waals surface area contributed by atoms with Gasteiger partial charge in [0.2, 0.25) is 11.8 Å². The monoisotopic (exact) mass is 460 g/mol. The van der Waals surface area contributed by atoms with Gasteiger partial charge in [0.1, 0.15) is 17.6 Å². The Balaban J connectivity index is 1.78. The molecule has 0 aromatic rings. The minimum Gasteiger partial charge on any atom is -0.465 e. The second-order valence-corrected chi connectivity index (χ2v) is 9.71. The number of rotatable bonds is 7. The van der Waals surface area contributed by atoms with Gasteiger partial charge >= 0.3 is 5.97 Å². The number of ether oxygens (including phenoxy) is 2. The van der Waals surface area contributed by atoms with E-state index in [4.69, 9.17) is 9.47 Å². The average molecular weight is 461 g/mol. The highest BCUT2D eigenvalue weighted by molar-refractivity contribution is 5.99. The number of unbranched alkanes of at least 4 members (excludes halogenated alkanes) is 2. The average Bonchev–Trinajstić information content (AvgIpc) is 3.13. The summed E-state index contributed by atoms with van der Waals surface area (Å²) in [6.45, 7) is 5.42. The third-order valence-corrected chi connectivity index (χ3v) is 7.42. The number of allylic oxidation sites excluding steroid dienone is 1. The van der Waals surface area contributed by atoms with Gasteiger partial charge in [0, 0.05) is 26.2 Å². The fourth-order valence-electron chi connectivity index (χ4n) is 5.92. The summed E-state index contributed by atoms with van der Waals surface area (Å²) >= 11 is 0. The molecule has 4 aliphatic rings. The summed E-state index contributed by atoms with van der Waals surface area (Å²) < 4.78 is 12.2. The van der Waals surface area contributed by atoms with Crippen molar-refractivity contribution in [2.75, 3.05) is 32.8 Å². The number of esters is 1. The Morgan fingerprint density at radius 3 is 2.64 bits per heavy atom. The third kappa shape index (κ3) is 4.01. The molecular formula is C25H36N2O6. The first-order chi connectivity index (χ1) is 15.9. The number of amides is 2. The van der Waals surface area contributed by atoms with Crippen LogP contribution in [0.3, 0.4) is 0 Å². The molecule has 0 aliphatic carbocycles. The molecule has 4 aliphatic heterocycles. The van der Waals surface area contributed by atoms with Gasteiger partial charge in [-0.3, -0.25) is 14.4 Å². The zero-order chi connectivity index (χ0) is 23.6. The third-order valence-electron chi connectivity index (χ3n) is 7.42. The van der Waals surface area contributed by atoms with Gasteiger partial charge in [0.15, 0.2) is 0 Å². The minimum absolute atomic E-state index is 0.0921. The van der Waals surface area contributed by atoms with E-state index in [1.165, 1.54) is 4.90 Å². The highest BCUT2D eigenvalue weighted by atomic mass is 16.6. The van der Waals surface area contributed by atoms with E-state index >= 15 is 0 Å². The summed E-state index contributed by atoms with van der Waals surface area (Å²) in [6.07, 6.45) is 12.4. The standard InChI is InChI=1S/C25H36N2O6/c1-3-4-7-13-26-14-9-12-25-18(21(29)27(15-10-16-28)20(25)22(26)30)19-23(31)32-17-8-5-6-11-24(19,2)33-25/h6,9,11-12,18-20,28H,3-5,7-8,10,13-17H2,1-2H3/b11-6-/t18-,19-,20?,24+,25-/m0/s1. The number of nitrogens with zero attached hydrogens (tertiary/aromatic N) is 2. The van der Waals surface area contributed by atoms with Crippen LogP contribution in [0.15, 0.2) is 24.3 Å². The smallest absolute Gasteiger partial charge is 0.313 e. The molecule has 2 amide bonds. The molecule has 0 saturated carbocycles. The summed E-state index contributed by atoms with van der Waals surface area (Å²) in [4.78, 5) is 44.3. The van der Waals surface area contributed by atoms with Gasteiger partial charge in [0.25, 0.3) is 0 Å². The maximum atomic E-state index is 13.9. The van der Waals surface area contributed by atoms with Crippen molar-refractivity contribution < 1.29 is 29.0 Å². The normalized spacial score (nSPS) is 36.9. The van der Waals surface area contributed by atoms with Gasteiger partial charge in [-0.15, -0.1) is 0 Å². The van der Waals surface area contributed by atoms with Crippen LogP contribution in [-0.2, 0) is 23.9 Å². The van der Waals surface area contributed by atoms with Crippen molar-refractivity contribution in [2.24, 2.45) is 11.8 Å². The van der Waals surface area contributed by atoms with Gasteiger partial charge < -0.3 is 24.4 Å². The fraction of sp³-hybridized carbons (Fsp3) is 0.720. The molecule has 0 aromatic carbocycles. The summed E-state index contributed by atoms with van der Waals surface area (Å²) in [6, 6.07) is -0.865. The molecule has 4 heterocycles. The predicted octanol–water partition coefficient (Wildman–Crippen LogP) is 1.82. The number of fused-ring (bicyclic) bond motifs is 2. The minimum atomic E-state index is -1.24. The van der Waals surface area contributed by atoms with Crippen molar-refractivity contribution >= 4 is 17.8 Å². The lowest BCUT2D eigenvalue weighted by atomic mass is 9.74. The van der Waals surface area contributed by atoms with Crippen molar-refractivity contribution in [3.63, 3.8) is 0 Å². The van der Waals surface area contributed by atoms with Crippen LogP contribution in [-0.4, -0.2) is 82.8 Å². The van der Waals surface area contributed by atoms with Crippen LogP contribution in [0, 0.1) is 11.8 Å². The first-order valence-electron chi connectivity index (χ1n) is 12.3. The van der Waals surface area contributed by atoms with Gasteiger partial charge in [-0.05, 0) is 32.6 Å². The largest absolute Gasteiger partial charge is 0.465 e. The van der Waals surface area contributed by atoms with E-state index in [1.807, 2.05) is 31.2 Å². The summed E-state index contributed by atoms with van der Waals surface area (Å²) in [5.74, 6) is -2.58. The molecule has 2 saturated heterocycles. The van der Waals surface area contributed by atoms with Gasteiger partial charge in [-0.2, -0.15) is 0 Å². The molecule has 182 valence electrons. The molecule has 1 N–H and O–H groups in total. The number of carbonyl (C=O) groups excluding carboxylic acids is 3. The number of aliphatic hydroxyl groups excluding tert-OH is 1. The van der Waals surface area contributed by atoms with Crippen LogP contribution < -0.4 is 0 Å². The van der Waals surface area contributed by atoms with E-state index in [0.717, 1.165) is 25.7 Å². The Hall–Kier alpha value is -2.19. The lowest BCUT2D eigenvalue weighted by molar-refractivity contribution is -0.159. The van der Waals surface area contributed by atoms with Crippen LogP contribution in [0.2, 0.25) is 0 Å². The number of cyclic esters (lactones) is 1. The Labute approximate surface area is 195 Å². The van der Waals surface area contributed by atoms with Crippen LogP contribution in [0.1, 0.15) is 52.4 Å². The highest BCUT2D eigenvalue weighted by Gasteiger charge is 2.74. The van der Waals surface area contributed by atoms with E-state index < -0.39 is 35.0 Å². The Bertz CT molecular complexity index is 841. The first-order valence-corrected chi connectivity index (χ1v) is 12.3. The van der Waals surface area contributed by atoms with Gasteiger partial charge in [0.05, 0.1) is 18.1 Å². The quantitative estimate of drug-likeness (QED) is 0.354. The molecule has 4 rings (SSSR count). The molecule has 33 heavy (non-hydrogen) atoms. The van der Waals surface area contributed by atoms with E-state index in [9.17, 15) is 19.5 Å². The fourth-order valence-corrected chi connectivity index (χ4v) is 5.92. The second kappa shape index (κ2) is 9.58. The predicted molar refractivity (Wildman–Crippen MR) is 121 cm³/mol. The van der Waals surface area contributed by atoms with Crippen molar-refractivity contribution in [3.05, 3.63) is 24.3 Å². The van der Waals surface area contributed by atoms with Gasteiger partial charge in [-0.25, -0.2) is 0 Å². The number of hydrogen-bond donors (Lipinski definition) is 1. The summed E-state index contributed by atoms with van der Waals surface area (Å²) in [5.41, 5.74) is -2.30. The molecule has 5 atom stereocenters. The molecule has 8 nitrogen and oxygen atoms in total. The molecule has 1 unspecified atom stereocenters. The number of aliphatic hydroxyl groups is 1. The molecule has 8 heteroatoms. The summed E-state index contributed by atoms with van der Waals surface area (Å²) in [7, 11) is 0. The van der Waals surface area contributed by atoms with Crippen molar-refractivity contribution in [1.29, 1.82) is 0 Å². The number of carbonyl (C=O) groups is 3. The van der Waals surface area contributed by atoms with Gasteiger partial charge in [-0.1, -0.05) is 44.1 Å². The number of hydrogen-bond acceptors (Lipinski definition) is 6. The van der Waals surface area contributed by atoms with E-state index in [0.29, 0.717) is 32.5 Å². The van der Waals surface area contributed by atoms with Crippen LogP contribution in [0.4, 0.5) is 0 Å². The Morgan fingerprint density at radius 1 is 1.06 bits per heavy atom. The van der Waals surface area contributed by atoms with E-state index in [-0.39, 0.29) is 25.0 Å². The maximum Gasteiger partial charge on any atom is 0.313 e. The van der Waals surface area contributed by atoms with E-state index in [1.54, 1.807) is 4.90 Å². The lowest BCUT2D eigenvalue weighted by Crippen LogP contribution is -2.56. The Morgan fingerprint density at radius 2 is 1.88 bits per heavy atom. The first kappa shape index (κ1) is 24.0. The number of likely N-dealkylation sites (tertiary alicyclic amines) is 1. The van der Waals surface area contributed by atoms with E-state index in [2.05, 4.69) is 6.92 Å². The lowest BCUT2D eigenvalue weighted by Gasteiger charge is -2.37. The highest BCUT2D eigenvalue weighted by Crippen LogP contribution is 2.57. The SMILES string of the molecule is CCCCCN1CC=C[C@]23O[C@]4(C)/C=C\CCCOC(=O)[C@@H]4[C@H]2C(=O)N(CCCO)C3C1=O. The zero-order valence-corrected chi connectivity index (χ0v) is 19.7. The molecule has 1 spiro atoms. The molecule has 0 aromatic heterocycles. The molecule has 2 fully saturated rings. The van der Waals surface area contributed by atoms with Crippen molar-refractivity contribution in [1.82, 2.24) is 9.80 Å². The zero-order valence-electron chi connectivity index (χ0n) is 19.7. The second-order valence-electron chi connectivity index (χ2n) is 9.71. The topological polar surface area (TPSA) is 96.4 Å². The van der Waals surface area contributed by atoms with Crippen molar-refractivity contribution in [3.8, 4) is 0 Å². The van der Waals surface area contributed by atoms with Crippen LogP contribution in [0.5, 0.6) is 0 Å². The van der Waals surface area contributed by atoms with Crippen molar-refractivity contribution in [2.45, 2.75) is 69.6 Å². The van der Waals surface area contributed by atoms with Crippen LogP contribution >= 0.6 is 0 Å². The maximum absolute atomic E-state index is 13.9. The molecule has 0 radical (unpaired) electrons. The van der Waals surface area contributed by atoms with Crippen LogP contribution in [0.25, 0.3) is 0 Å². The molecule has 0 bridgehead atoms. The Kier molecular flexibility index (Phi) is 6.96. The summed E-state index contributed by atoms with van der Waals surface area (Å²) in [5, 5.41) is 9.44. The molecular weight excluding hydrogens is 424 g/mol.